The molecule has 0 bridgehead atoms. The van der Waals surface area contributed by atoms with Gasteiger partial charge in [0.2, 0.25) is 0 Å². The molecule has 1 unspecified atom stereocenters. The monoisotopic (exact) mass is 385 g/mol. The third kappa shape index (κ3) is 5.17. The number of methoxy groups -OCH3 is 2. The fourth-order valence-corrected chi connectivity index (χ4v) is 4.50. The van der Waals surface area contributed by atoms with Crippen LogP contribution in [0.4, 0.5) is 0 Å². The van der Waals surface area contributed by atoms with Crippen molar-refractivity contribution < 1.29 is 38.0 Å². The minimum Gasteiger partial charge on any atom is -0.780 e. The molecule has 0 spiro atoms. The van der Waals surface area contributed by atoms with Gasteiger partial charge in [-0.05, 0) is 13.8 Å². The van der Waals surface area contributed by atoms with Crippen LogP contribution in [0.25, 0.3) is 0 Å². The van der Waals surface area contributed by atoms with E-state index in [0.29, 0.717) is 0 Å². The van der Waals surface area contributed by atoms with Gasteiger partial charge in [0, 0.05) is 20.6 Å². The van der Waals surface area contributed by atoms with Crippen LogP contribution < -0.4 is 4.89 Å². The number of aliphatic hydroxyl groups excluding tert-OH is 1. The van der Waals surface area contributed by atoms with Gasteiger partial charge >= 0.3 is 0 Å². The molecule has 1 N–H and O–H groups in total. The summed E-state index contributed by atoms with van der Waals surface area (Å²) in [6.45, 7) is 0.0448. The highest BCUT2D eigenvalue weighted by molar-refractivity contribution is 8.06. The fraction of sp³-hybridized carbons (Fsp3) is 1.00. The largest absolute Gasteiger partial charge is 0.780 e. The Labute approximate surface area is 147 Å². The molecular formula is C14H26O8PS-. The number of aliphatic hydroxyl groups is 1. The van der Waals surface area contributed by atoms with Crippen molar-refractivity contribution in [2.24, 2.45) is 0 Å². The first-order chi connectivity index (χ1) is 11.3. The number of hydrogen-bond donors (Lipinski definition) is 1. The lowest BCUT2D eigenvalue weighted by Crippen LogP contribution is -2.37. The summed E-state index contributed by atoms with van der Waals surface area (Å²) in [5.41, 5.74) is 0. The molecule has 0 aromatic rings. The third-order valence-corrected chi connectivity index (χ3v) is 5.78. The fourth-order valence-electron chi connectivity index (χ4n) is 3.03. The van der Waals surface area contributed by atoms with Gasteiger partial charge in [-0.15, -0.1) is 0 Å². The van der Waals surface area contributed by atoms with Crippen LogP contribution in [0, 0.1) is 0 Å². The molecule has 8 atom stereocenters. The Hall–Kier alpha value is 0.330. The van der Waals surface area contributed by atoms with E-state index in [0.717, 1.165) is 6.42 Å². The van der Waals surface area contributed by atoms with Crippen molar-refractivity contribution in [2.45, 2.75) is 63.0 Å². The first kappa shape index (κ1) is 20.6. The smallest absolute Gasteiger partial charge is 0.118 e. The average molecular weight is 385 g/mol. The Balaban J connectivity index is 1.88. The molecule has 2 saturated heterocycles. The summed E-state index contributed by atoms with van der Waals surface area (Å²) in [5.74, 6) is 0. The summed E-state index contributed by atoms with van der Waals surface area (Å²) in [6.07, 6.45) is -2.58. The third-order valence-electron chi connectivity index (χ3n) is 4.24. The van der Waals surface area contributed by atoms with E-state index < -0.39 is 31.1 Å². The minimum absolute atomic E-state index is 0.00315. The van der Waals surface area contributed by atoms with Crippen LogP contribution in [-0.4, -0.2) is 75.3 Å². The maximum absolute atomic E-state index is 12.4. The van der Waals surface area contributed by atoms with Crippen molar-refractivity contribution in [2.75, 3.05) is 27.4 Å². The van der Waals surface area contributed by atoms with Gasteiger partial charge in [-0.25, -0.2) is 0 Å². The van der Waals surface area contributed by atoms with Gasteiger partial charge in [0.15, 0.2) is 0 Å². The first-order valence-corrected chi connectivity index (χ1v) is 10.5. The van der Waals surface area contributed by atoms with E-state index in [9.17, 15) is 10.00 Å². The lowest BCUT2D eigenvalue weighted by atomic mass is 10.1. The van der Waals surface area contributed by atoms with Crippen molar-refractivity contribution in [1.82, 2.24) is 0 Å². The molecule has 0 radical (unpaired) electrons. The van der Waals surface area contributed by atoms with Gasteiger partial charge in [0.25, 0.3) is 0 Å². The van der Waals surface area contributed by atoms with Gasteiger partial charge in [0.05, 0.1) is 31.5 Å². The molecule has 8 nitrogen and oxygen atoms in total. The minimum atomic E-state index is -3.80. The van der Waals surface area contributed by atoms with E-state index in [1.807, 2.05) is 6.92 Å². The molecule has 2 rings (SSSR count). The Kier molecular flexibility index (Phi) is 7.58. The maximum atomic E-state index is 12.4. The summed E-state index contributed by atoms with van der Waals surface area (Å²) < 4.78 is 32.2. The summed E-state index contributed by atoms with van der Waals surface area (Å²) in [6, 6.07) is 0. The molecule has 0 amide bonds. The molecule has 2 fully saturated rings. The highest BCUT2D eigenvalue weighted by atomic mass is 32.5. The molecule has 142 valence electrons. The van der Waals surface area contributed by atoms with Crippen molar-refractivity contribution >= 4 is 18.5 Å². The summed E-state index contributed by atoms with van der Waals surface area (Å²) >= 11 is 4.94. The Morgan fingerprint density at radius 2 is 1.92 bits per heavy atom. The normalized spacial score (nSPS) is 42.3. The Bertz CT molecular complexity index is 452. The van der Waals surface area contributed by atoms with Crippen LogP contribution in [-0.2, 0) is 39.8 Å². The van der Waals surface area contributed by atoms with Gasteiger partial charge in [-0.3, -0.25) is 0 Å². The predicted molar refractivity (Wildman–Crippen MR) is 87.1 cm³/mol. The molecule has 2 aliphatic rings. The van der Waals surface area contributed by atoms with Crippen LogP contribution >= 0.6 is 6.72 Å². The molecular weight excluding hydrogens is 359 g/mol. The van der Waals surface area contributed by atoms with Crippen LogP contribution in [0.1, 0.15) is 20.3 Å². The maximum Gasteiger partial charge on any atom is 0.118 e. The quantitative estimate of drug-likeness (QED) is 0.577. The molecule has 2 aliphatic heterocycles. The zero-order chi connectivity index (χ0) is 17.9. The zero-order valence-electron chi connectivity index (χ0n) is 14.3. The highest BCUT2D eigenvalue weighted by Gasteiger charge is 2.43. The van der Waals surface area contributed by atoms with Crippen LogP contribution in [0.15, 0.2) is 0 Å². The van der Waals surface area contributed by atoms with Gasteiger partial charge in [-0.1, -0.05) is 11.8 Å². The van der Waals surface area contributed by atoms with E-state index >= 15 is 0 Å². The Morgan fingerprint density at radius 3 is 2.54 bits per heavy atom. The number of hydrogen-bond acceptors (Lipinski definition) is 9. The topological polar surface area (TPSA) is 98.7 Å². The highest BCUT2D eigenvalue weighted by Crippen LogP contribution is 2.44. The number of rotatable bonds is 8. The van der Waals surface area contributed by atoms with Gasteiger partial charge in [-0.2, -0.15) is 0 Å². The van der Waals surface area contributed by atoms with Crippen LogP contribution in [0.3, 0.4) is 0 Å². The van der Waals surface area contributed by atoms with Gasteiger partial charge in [0.1, 0.15) is 31.1 Å². The molecule has 0 saturated carbocycles. The second-order valence-electron chi connectivity index (χ2n) is 6.13. The standard InChI is InChI=1S/C14H27O8PS/c1-8-5-10(18-4)11(20-8)7-19-23(16,24)22-14-9(2)21-12(6-17-3)13(14)15/h8-15H,5-7H2,1-4H3,(H,16,24)/p-1/t8-,9-,10-,11+,12+,13+,14-,23?/m0/s1. The average Bonchev–Trinajstić information content (AvgIpc) is 3.00. The molecule has 2 heterocycles. The van der Waals surface area contributed by atoms with Crippen molar-refractivity contribution in [3.8, 4) is 0 Å². The van der Waals surface area contributed by atoms with Crippen LogP contribution in [0.2, 0.25) is 0 Å². The van der Waals surface area contributed by atoms with E-state index in [1.54, 1.807) is 14.0 Å². The molecule has 24 heavy (non-hydrogen) atoms. The van der Waals surface area contributed by atoms with Crippen LogP contribution in [0.5, 0.6) is 0 Å². The van der Waals surface area contributed by atoms with E-state index in [-0.39, 0.29) is 31.5 Å². The second-order valence-corrected chi connectivity index (χ2v) is 8.84. The van der Waals surface area contributed by atoms with E-state index in [4.69, 9.17) is 39.8 Å². The second kappa shape index (κ2) is 8.81. The van der Waals surface area contributed by atoms with E-state index in [2.05, 4.69) is 0 Å². The molecule has 0 aromatic carbocycles. The van der Waals surface area contributed by atoms with Crippen molar-refractivity contribution in [3.05, 3.63) is 0 Å². The Morgan fingerprint density at radius 1 is 1.21 bits per heavy atom. The van der Waals surface area contributed by atoms with Gasteiger partial charge < -0.3 is 38.0 Å². The summed E-state index contributed by atoms with van der Waals surface area (Å²) in [4.78, 5) is 12.4. The molecule has 0 aliphatic carbocycles. The van der Waals surface area contributed by atoms with Crippen molar-refractivity contribution in [3.63, 3.8) is 0 Å². The molecule has 10 heteroatoms. The first-order valence-electron chi connectivity index (χ1n) is 7.92. The SMILES string of the molecule is COC[C@H]1O[C@@H](C)[C@H](OP([O-])(=S)OC[C@H]2O[C@@H](C)C[C@@H]2OC)[C@@H]1O. The zero-order valence-corrected chi connectivity index (χ0v) is 16.0. The predicted octanol–water partition coefficient (Wildman–Crippen LogP) is -0.0400. The lowest BCUT2D eigenvalue weighted by molar-refractivity contribution is -0.217. The number of ether oxygens (including phenoxy) is 4. The summed E-state index contributed by atoms with van der Waals surface area (Å²) in [5, 5.41) is 10.2. The summed E-state index contributed by atoms with van der Waals surface area (Å²) in [7, 11) is 3.09. The molecule has 0 aromatic heterocycles. The lowest BCUT2D eigenvalue weighted by Gasteiger charge is -2.33. The van der Waals surface area contributed by atoms with Crippen molar-refractivity contribution in [1.29, 1.82) is 0 Å². The van der Waals surface area contributed by atoms with E-state index in [1.165, 1.54) is 7.11 Å².